The first-order valence-electron chi connectivity index (χ1n) is 39.8. The number of ether oxygens (including phenoxy) is 4. The van der Waals surface area contributed by atoms with E-state index < -0.39 is 97.5 Å². The number of carbonyl (C=O) groups excluding carboxylic acids is 4. The van der Waals surface area contributed by atoms with Gasteiger partial charge in [-0.25, -0.2) is 9.13 Å². The number of aliphatic hydroxyl groups excluding tert-OH is 1. The molecule has 19 heteroatoms. The van der Waals surface area contributed by atoms with E-state index >= 15 is 0 Å². The Morgan fingerprint density at radius 3 is 0.621 bits per heavy atom. The van der Waals surface area contributed by atoms with E-state index in [1.54, 1.807) is 0 Å². The van der Waals surface area contributed by atoms with Crippen LogP contribution in [0.5, 0.6) is 0 Å². The second kappa shape index (κ2) is 70.5. The van der Waals surface area contributed by atoms with Crippen molar-refractivity contribution in [1.82, 2.24) is 0 Å². The Kier molecular flexibility index (Phi) is 69.1. The summed E-state index contributed by atoms with van der Waals surface area (Å²) in [6.07, 6.45) is 60.9. The monoisotopic (exact) mass is 1400 g/mol. The molecule has 0 aliphatic heterocycles. The second-order valence-corrected chi connectivity index (χ2v) is 30.3. The Morgan fingerprint density at radius 1 is 0.253 bits per heavy atom. The van der Waals surface area contributed by atoms with Crippen LogP contribution in [0.2, 0.25) is 0 Å². The first-order chi connectivity index (χ1) is 46.2. The normalized spacial score (nSPS) is 13.9. The smallest absolute Gasteiger partial charge is 0.462 e. The van der Waals surface area contributed by atoms with Gasteiger partial charge in [-0.15, -0.1) is 0 Å². The summed E-state index contributed by atoms with van der Waals surface area (Å²) in [5.41, 5.74) is 0. The van der Waals surface area contributed by atoms with Crippen molar-refractivity contribution < 1.29 is 80.2 Å². The summed E-state index contributed by atoms with van der Waals surface area (Å²) >= 11 is 0. The fraction of sp³-hybridized carbons (Fsp3) is 0.947. The van der Waals surface area contributed by atoms with Crippen LogP contribution in [0.1, 0.15) is 407 Å². The highest BCUT2D eigenvalue weighted by Gasteiger charge is 2.30. The average Bonchev–Trinajstić information content (AvgIpc) is 2.14. The van der Waals surface area contributed by atoms with Crippen molar-refractivity contribution in [3.8, 4) is 0 Å². The van der Waals surface area contributed by atoms with Crippen molar-refractivity contribution >= 4 is 39.5 Å². The predicted octanol–water partition coefficient (Wildman–Crippen LogP) is 22.6. The summed E-state index contributed by atoms with van der Waals surface area (Å²) in [6.45, 7) is 4.99. The molecule has 0 radical (unpaired) electrons. The Hall–Kier alpha value is -1.94. The van der Waals surface area contributed by atoms with Gasteiger partial charge in [0, 0.05) is 25.7 Å². The van der Waals surface area contributed by atoms with Gasteiger partial charge in [-0.1, -0.05) is 355 Å². The van der Waals surface area contributed by atoms with Gasteiger partial charge in [0.1, 0.15) is 19.3 Å². The minimum absolute atomic E-state index is 0.108. The van der Waals surface area contributed by atoms with Crippen molar-refractivity contribution in [2.45, 2.75) is 425 Å². The van der Waals surface area contributed by atoms with Crippen LogP contribution in [0, 0.1) is 0 Å². The summed E-state index contributed by atoms with van der Waals surface area (Å²) in [4.78, 5) is 72.8. The third kappa shape index (κ3) is 70.3. The van der Waals surface area contributed by atoms with Gasteiger partial charge in [0.05, 0.1) is 26.4 Å². The zero-order chi connectivity index (χ0) is 69.7. The summed E-state index contributed by atoms with van der Waals surface area (Å²) in [5, 5.41) is 10.6. The molecule has 0 rings (SSSR count). The molecule has 0 aliphatic rings. The highest BCUT2D eigenvalue weighted by molar-refractivity contribution is 7.47. The molecule has 17 nitrogen and oxygen atoms in total. The zero-order valence-corrected chi connectivity index (χ0v) is 63.4. The van der Waals surface area contributed by atoms with Crippen LogP contribution in [0.3, 0.4) is 0 Å². The maximum atomic E-state index is 13.1. The van der Waals surface area contributed by atoms with E-state index in [4.69, 9.17) is 37.0 Å². The van der Waals surface area contributed by atoms with Crippen molar-refractivity contribution in [3.05, 3.63) is 0 Å². The maximum Gasteiger partial charge on any atom is 0.472 e. The first-order valence-corrected chi connectivity index (χ1v) is 42.8. The van der Waals surface area contributed by atoms with E-state index in [9.17, 15) is 43.2 Å². The maximum absolute atomic E-state index is 13.1. The number of aliphatic hydroxyl groups is 1. The molecule has 5 atom stereocenters. The third-order valence-electron chi connectivity index (χ3n) is 17.9. The standard InChI is InChI=1S/C76H148O17P2/c1-5-9-13-17-21-25-29-32-34-35-36-38-40-43-47-51-55-59-63-76(81)93-72(67-87-74(79)61-57-53-49-45-42-39-37-33-30-26-22-18-14-10-6-2)69-91-95(84,85)89-65-70(77)64-88-94(82,83)90-68-71(66-86-73(78)60-56-52-48-44-28-24-20-16-12-8-4)92-75(80)62-58-54-50-46-41-31-27-23-19-15-11-7-3/h70-72,77H,5-69H2,1-4H3,(H,82,83)(H,84,85)/t70-,71+,72+/m0/s1. The number of carbonyl (C=O) groups is 4. The number of rotatable bonds is 77. The Balaban J connectivity index is 5.23. The van der Waals surface area contributed by atoms with Crippen LogP contribution in [0.15, 0.2) is 0 Å². The molecule has 0 heterocycles. The third-order valence-corrected chi connectivity index (χ3v) is 19.8. The lowest BCUT2D eigenvalue weighted by Crippen LogP contribution is -2.30. The van der Waals surface area contributed by atoms with Crippen LogP contribution in [-0.2, 0) is 65.4 Å². The van der Waals surface area contributed by atoms with Gasteiger partial charge in [-0.2, -0.15) is 0 Å². The highest BCUT2D eigenvalue weighted by Crippen LogP contribution is 2.45. The van der Waals surface area contributed by atoms with E-state index in [-0.39, 0.29) is 25.7 Å². The van der Waals surface area contributed by atoms with Crippen molar-refractivity contribution in [2.24, 2.45) is 0 Å². The molecule has 0 amide bonds. The molecule has 0 spiro atoms. The molecular formula is C76H148O17P2. The van der Waals surface area contributed by atoms with Crippen molar-refractivity contribution in [2.75, 3.05) is 39.6 Å². The number of phosphoric ester groups is 2. The molecule has 95 heavy (non-hydrogen) atoms. The van der Waals surface area contributed by atoms with Gasteiger partial charge in [0.15, 0.2) is 12.2 Å². The fourth-order valence-corrected chi connectivity index (χ4v) is 13.3. The minimum atomic E-state index is -4.96. The number of unbranched alkanes of at least 4 members (excludes halogenated alkanes) is 51. The lowest BCUT2D eigenvalue weighted by molar-refractivity contribution is -0.161. The van der Waals surface area contributed by atoms with E-state index in [0.717, 1.165) is 89.9 Å². The van der Waals surface area contributed by atoms with Gasteiger partial charge >= 0.3 is 39.5 Å². The predicted molar refractivity (Wildman–Crippen MR) is 386 cm³/mol. The van der Waals surface area contributed by atoms with Crippen LogP contribution < -0.4 is 0 Å². The van der Waals surface area contributed by atoms with Crippen molar-refractivity contribution in [1.29, 1.82) is 0 Å². The molecule has 564 valence electrons. The number of phosphoric acid groups is 2. The summed E-state index contributed by atoms with van der Waals surface area (Å²) in [7, 11) is -9.91. The molecule has 0 aromatic carbocycles. The molecular weight excluding hydrogens is 1250 g/mol. The Morgan fingerprint density at radius 2 is 0.421 bits per heavy atom. The van der Waals surface area contributed by atoms with Crippen LogP contribution in [0.4, 0.5) is 0 Å². The largest absolute Gasteiger partial charge is 0.472 e. The molecule has 0 aromatic rings. The minimum Gasteiger partial charge on any atom is -0.462 e. The molecule has 0 fully saturated rings. The molecule has 0 aliphatic carbocycles. The molecule has 0 saturated carbocycles. The lowest BCUT2D eigenvalue weighted by Gasteiger charge is -2.21. The lowest BCUT2D eigenvalue weighted by atomic mass is 10.0. The fourth-order valence-electron chi connectivity index (χ4n) is 11.8. The average molecular weight is 1400 g/mol. The van der Waals surface area contributed by atoms with E-state index in [1.165, 1.54) is 238 Å². The van der Waals surface area contributed by atoms with Gasteiger partial charge < -0.3 is 33.8 Å². The van der Waals surface area contributed by atoms with Crippen LogP contribution in [0.25, 0.3) is 0 Å². The van der Waals surface area contributed by atoms with Crippen molar-refractivity contribution in [3.63, 3.8) is 0 Å². The SMILES string of the molecule is CCCCCCCCCCCCCCCCCCCCC(=O)O[C@H](COC(=O)CCCCCCCCCCCCCCCCC)COP(=O)(O)OC[C@@H](O)COP(=O)(O)OC[C@@H](COC(=O)CCCCCCCCCCCC)OC(=O)CCCCCCCCCCCCCC. The van der Waals surface area contributed by atoms with Gasteiger partial charge in [0.2, 0.25) is 0 Å². The Labute approximate surface area is 581 Å². The zero-order valence-electron chi connectivity index (χ0n) is 61.6. The molecule has 0 bridgehead atoms. The van der Waals surface area contributed by atoms with Gasteiger partial charge in [0.25, 0.3) is 0 Å². The second-order valence-electron chi connectivity index (χ2n) is 27.4. The Bertz CT molecular complexity index is 1810. The van der Waals surface area contributed by atoms with Crippen LogP contribution in [-0.4, -0.2) is 96.7 Å². The van der Waals surface area contributed by atoms with E-state index in [0.29, 0.717) is 25.7 Å². The van der Waals surface area contributed by atoms with Crippen LogP contribution >= 0.6 is 15.6 Å². The van der Waals surface area contributed by atoms with Gasteiger partial charge in [-0.05, 0) is 25.7 Å². The summed E-state index contributed by atoms with van der Waals surface area (Å²) in [5.74, 6) is -2.11. The number of esters is 4. The molecule has 3 N–H and O–H groups in total. The molecule has 0 aromatic heterocycles. The summed E-state index contributed by atoms with van der Waals surface area (Å²) in [6, 6.07) is 0. The molecule has 2 unspecified atom stereocenters. The number of hydrogen-bond acceptors (Lipinski definition) is 15. The van der Waals surface area contributed by atoms with E-state index in [1.807, 2.05) is 0 Å². The quantitative estimate of drug-likeness (QED) is 0.0222. The van der Waals surface area contributed by atoms with Gasteiger partial charge in [-0.3, -0.25) is 37.3 Å². The number of hydrogen-bond donors (Lipinski definition) is 3. The summed E-state index contributed by atoms with van der Waals surface area (Å²) < 4.78 is 68.5. The topological polar surface area (TPSA) is 237 Å². The molecule has 0 saturated heterocycles. The highest BCUT2D eigenvalue weighted by atomic mass is 31.2. The first kappa shape index (κ1) is 93.1. The van der Waals surface area contributed by atoms with E-state index in [2.05, 4.69) is 27.7 Å².